The van der Waals surface area contributed by atoms with Crippen LogP contribution >= 0.6 is 0 Å². The van der Waals surface area contributed by atoms with Crippen molar-refractivity contribution in [3.8, 4) is 0 Å². The van der Waals surface area contributed by atoms with Gasteiger partial charge in [-0.05, 0) is 38.0 Å². The van der Waals surface area contributed by atoms with Crippen molar-refractivity contribution in [2.75, 3.05) is 19.6 Å². The summed E-state index contributed by atoms with van der Waals surface area (Å²) in [5, 5.41) is 9.12. The molecule has 5 nitrogen and oxygen atoms in total. The van der Waals surface area contributed by atoms with Crippen LogP contribution in [0.4, 0.5) is 4.79 Å². The quantitative estimate of drug-likeness (QED) is 0.776. The van der Waals surface area contributed by atoms with Crippen LogP contribution in [-0.2, 0) is 4.79 Å². The first-order chi connectivity index (χ1) is 8.59. The first-order valence-corrected chi connectivity index (χ1v) is 6.88. The molecular formula is C13H22N2O3. The maximum atomic E-state index is 12.4. The van der Waals surface area contributed by atoms with E-state index in [0.717, 1.165) is 38.8 Å². The van der Waals surface area contributed by atoms with E-state index in [1.165, 1.54) is 0 Å². The van der Waals surface area contributed by atoms with Gasteiger partial charge in [0.05, 0.1) is 0 Å². The zero-order valence-electron chi connectivity index (χ0n) is 11.0. The number of carbonyl (C=O) groups excluding carboxylic acids is 1. The standard InChI is InChI=1S/C13H22N2O3/c1-10-4-2-7-14(9-6-10)13(18)15-8-3-5-11(15)12(16)17/h10-11H,2-9H2,1H3,(H,16,17)/t10?,11-/m0/s1. The Morgan fingerprint density at radius 2 is 1.78 bits per heavy atom. The van der Waals surface area contributed by atoms with E-state index in [1.54, 1.807) is 4.90 Å². The third-order valence-corrected chi connectivity index (χ3v) is 4.07. The summed E-state index contributed by atoms with van der Waals surface area (Å²) in [5.41, 5.74) is 0. The number of amides is 2. The molecule has 0 aromatic heterocycles. The van der Waals surface area contributed by atoms with Crippen molar-refractivity contribution in [3.05, 3.63) is 0 Å². The number of urea groups is 1. The number of carbonyl (C=O) groups is 2. The number of rotatable bonds is 1. The molecule has 2 atom stereocenters. The first kappa shape index (κ1) is 13.2. The lowest BCUT2D eigenvalue weighted by atomic mass is 10.0. The number of carboxylic acids is 1. The second-order valence-electron chi connectivity index (χ2n) is 5.50. The van der Waals surface area contributed by atoms with Crippen LogP contribution < -0.4 is 0 Å². The number of aliphatic carboxylic acids is 1. The summed E-state index contributed by atoms with van der Waals surface area (Å²) < 4.78 is 0. The molecule has 0 saturated carbocycles. The van der Waals surface area contributed by atoms with Crippen LogP contribution in [0.15, 0.2) is 0 Å². The van der Waals surface area contributed by atoms with Crippen molar-refractivity contribution >= 4 is 12.0 Å². The van der Waals surface area contributed by atoms with Crippen LogP contribution in [0.5, 0.6) is 0 Å². The van der Waals surface area contributed by atoms with Gasteiger partial charge >= 0.3 is 12.0 Å². The van der Waals surface area contributed by atoms with Crippen molar-refractivity contribution in [2.45, 2.75) is 45.1 Å². The van der Waals surface area contributed by atoms with E-state index in [-0.39, 0.29) is 6.03 Å². The predicted octanol–water partition coefficient (Wildman–Crippen LogP) is 1.78. The van der Waals surface area contributed by atoms with Gasteiger partial charge in [0.2, 0.25) is 0 Å². The zero-order chi connectivity index (χ0) is 13.1. The molecule has 2 aliphatic heterocycles. The summed E-state index contributed by atoms with van der Waals surface area (Å²) >= 11 is 0. The largest absolute Gasteiger partial charge is 0.480 e. The van der Waals surface area contributed by atoms with E-state index in [0.29, 0.717) is 18.9 Å². The zero-order valence-corrected chi connectivity index (χ0v) is 11.0. The molecule has 0 bridgehead atoms. The Labute approximate surface area is 108 Å². The number of hydrogen-bond acceptors (Lipinski definition) is 2. The summed E-state index contributed by atoms with van der Waals surface area (Å²) in [4.78, 5) is 26.8. The predicted molar refractivity (Wildman–Crippen MR) is 67.3 cm³/mol. The van der Waals surface area contributed by atoms with E-state index in [1.807, 2.05) is 4.90 Å². The average molecular weight is 254 g/mol. The topological polar surface area (TPSA) is 60.9 Å². The van der Waals surface area contributed by atoms with Crippen LogP contribution in [0.3, 0.4) is 0 Å². The number of nitrogens with zero attached hydrogens (tertiary/aromatic N) is 2. The Morgan fingerprint density at radius 1 is 1.06 bits per heavy atom. The van der Waals surface area contributed by atoms with Gasteiger partial charge in [0, 0.05) is 19.6 Å². The number of carboxylic acid groups (broad SMARTS) is 1. The summed E-state index contributed by atoms with van der Waals surface area (Å²) in [6, 6.07) is -0.688. The Kier molecular flexibility index (Phi) is 4.09. The van der Waals surface area contributed by atoms with Gasteiger partial charge in [0.1, 0.15) is 6.04 Å². The van der Waals surface area contributed by atoms with Gasteiger partial charge in [-0.25, -0.2) is 9.59 Å². The van der Waals surface area contributed by atoms with Crippen LogP contribution in [0, 0.1) is 5.92 Å². The second kappa shape index (κ2) is 5.59. The molecule has 0 radical (unpaired) electrons. The van der Waals surface area contributed by atoms with E-state index in [2.05, 4.69) is 6.92 Å². The molecule has 2 heterocycles. The third-order valence-electron chi connectivity index (χ3n) is 4.07. The summed E-state index contributed by atoms with van der Waals surface area (Å²) in [7, 11) is 0. The normalized spacial score (nSPS) is 29.2. The minimum absolute atomic E-state index is 0.0750. The van der Waals surface area contributed by atoms with Gasteiger partial charge in [-0.1, -0.05) is 6.92 Å². The molecule has 2 fully saturated rings. The Balaban J connectivity index is 1.99. The molecule has 2 saturated heterocycles. The maximum Gasteiger partial charge on any atom is 0.326 e. The lowest BCUT2D eigenvalue weighted by Crippen LogP contribution is -2.48. The van der Waals surface area contributed by atoms with Crippen molar-refractivity contribution in [2.24, 2.45) is 5.92 Å². The number of hydrogen-bond donors (Lipinski definition) is 1. The van der Waals surface area contributed by atoms with Crippen molar-refractivity contribution in [1.82, 2.24) is 9.80 Å². The van der Waals surface area contributed by atoms with Crippen molar-refractivity contribution in [3.63, 3.8) is 0 Å². The van der Waals surface area contributed by atoms with E-state index < -0.39 is 12.0 Å². The molecule has 2 rings (SSSR count). The summed E-state index contributed by atoms with van der Waals surface area (Å²) in [5.74, 6) is -0.208. The highest BCUT2D eigenvalue weighted by Gasteiger charge is 2.36. The molecule has 0 aliphatic carbocycles. The molecule has 102 valence electrons. The molecule has 2 aliphatic rings. The molecule has 0 aromatic carbocycles. The van der Waals surface area contributed by atoms with Gasteiger partial charge in [-0.2, -0.15) is 0 Å². The minimum Gasteiger partial charge on any atom is -0.480 e. The average Bonchev–Trinajstić information content (AvgIpc) is 2.72. The number of likely N-dealkylation sites (tertiary alicyclic amines) is 2. The minimum atomic E-state index is -0.871. The molecule has 2 amide bonds. The molecule has 18 heavy (non-hydrogen) atoms. The van der Waals surface area contributed by atoms with Crippen molar-refractivity contribution < 1.29 is 14.7 Å². The van der Waals surface area contributed by atoms with Gasteiger partial charge in [0.15, 0.2) is 0 Å². The highest BCUT2D eigenvalue weighted by Crippen LogP contribution is 2.22. The van der Waals surface area contributed by atoms with E-state index in [9.17, 15) is 9.59 Å². The molecule has 0 aromatic rings. The third kappa shape index (κ3) is 2.76. The van der Waals surface area contributed by atoms with Crippen LogP contribution in [0.1, 0.15) is 39.0 Å². The Hall–Kier alpha value is -1.26. The lowest BCUT2D eigenvalue weighted by Gasteiger charge is -2.29. The van der Waals surface area contributed by atoms with Gasteiger partial charge < -0.3 is 14.9 Å². The first-order valence-electron chi connectivity index (χ1n) is 6.88. The monoisotopic (exact) mass is 254 g/mol. The van der Waals surface area contributed by atoms with Gasteiger partial charge in [-0.15, -0.1) is 0 Å². The SMILES string of the molecule is CC1CCCN(C(=O)N2CCC[C@H]2C(=O)O)CC1. The fourth-order valence-electron chi connectivity index (χ4n) is 2.89. The van der Waals surface area contributed by atoms with Crippen molar-refractivity contribution in [1.29, 1.82) is 0 Å². The van der Waals surface area contributed by atoms with Gasteiger partial charge in [-0.3, -0.25) is 0 Å². The highest BCUT2D eigenvalue weighted by molar-refractivity contribution is 5.83. The lowest BCUT2D eigenvalue weighted by molar-refractivity contribution is -0.141. The second-order valence-corrected chi connectivity index (χ2v) is 5.50. The Bertz CT molecular complexity index is 332. The summed E-state index contributed by atoms with van der Waals surface area (Å²) in [6.45, 7) is 4.33. The highest BCUT2D eigenvalue weighted by atomic mass is 16.4. The van der Waals surface area contributed by atoms with Gasteiger partial charge in [0.25, 0.3) is 0 Å². The molecule has 1 N–H and O–H groups in total. The molecular weight excluding hydrogens is 232 g/mol. The fourth-order valence-corrected chi connectivity index (χ4v) is 2.89. The van der Waals surface area contributed by atoms with Crippen LogP contribution in [0.2, 0.25) is 0 Å². The smallest absolute Gasteiger partial charge is 0.326 e. The van der Waals surface area contributed by atoms with E-state index in [4.69, 9.17) is 5.11 Å². The molecule has 5 heteroatoms. The Morgan fingerprint density at radius 3 is 2.50 bits per heavy atom. The van der Waals surface area contributed by atoms with Crippen LogP contribution in [0.25, 0.3) is 0 Å². The summed E-state index contributed by atoms with van der Waals surface area (Å²) in [6.07, 6.45) is 4.60. The molecule has 1 unspecified atom stereocenters. The molecule has 0 spiro atoms. The van der Waals surface area contributed by atoms with Crippen LogP contribution in [-0.4, -0.2) is 52.6 Å². The maximum absolute atomic E-state index is 12.4. The fraction of sp³-hybridized carbons (Fsp3) is 0.846. The van der Waals surface area contributed by atoms with E-state index >= 15 is 0 Å².